The molecule has 0 amide bonds. The van der Waals surface area contributed by atoms with Crippen molar-refractivity contribution in [1.29, 1.82) is 0 Å². The van der Waals surface area contributed by atoms with Gasteiger partial charge in [0.25, 0.3) is 0 Å². The number of aliphatic hydroxyl groups excluding tert-OH is 1. The number of rotatable bonds is 82. The van der Waals surface area contributed by atoms with Gasteiger partial charge >= 0.3 is 39.5 Å². The second-order valence-electron chi connectivity index (χ2n) is 29.1. The first-order valence-electron chi connectivity index (χ1n) is 42.6. The summed E-state index contributed by atoms with van der Waals surface area (Å²) in [4.78, 5) is 73.1. The van der Waals surface area contributed by atoms with Gasteiger partial charge in [0.2, 0.25) is 0 Å². The summed E-state index contributed by atoms with van der Waals surface area (Å²) >= 11 is 0. The lowest BCUT2D eigenvalue weighted by atomic mass is 10.0. The van der Waals surface area contributed by atoms with Gasteiger partial charge in [-0.05, 0) is 77.0 Å². The molecule has 17 nitrogen and oxygen atoms in total. The lowest BCUT2D eigenvalue weighted by Crippen LogP contribution is -2.30. The molecule has 0 saturated carbocycles. The van der Waals surface area contributed by atoms with Gasteiger partial charge in [-0.1, -0.05) is 347 Å². The fourth-order valence-electron chi connectivity index (χ4n) is 12.4. The summed E-state index contributed by atoms with van der Waals surface area (Å²) in [5.74, 6) is -2.13. The molecule has 19 heteroatoms. The largest absolute Gasteiger partial charge is 0.472 e. The van der Waals surface area contributed by atoms with Crippen LogP contribution >= 0.6 is 15.6 Å². The molecule has 3 N–H and O–H groups in total. The van der Waals surface area contributed by atoms with E-state index < -0.39 is 97.5 Å². The van der Waals surface area contributed by atoms with Crippen molar-refractivity contribution < 1.29 is 80.2 Å². The summed E-state index contributed by atoms with van der Waals surface area (Å²) in [5.41, 5.74) is 0. The minimum atomic E-state index is -4.97. The summed E-state index contributed by atoms with van der Waals surface area (Å²) in [6, 6.07) is 0. The molecule has 0 fully saturated rings. The third-order valence-corrected chi connectivity index (χ3v) is 20.8. The predicted molar refractivity (Wildman–Crippen MR) is 418 cm³/mol. The van der Waals surface area contributed by atoms with E-state index in [4.69, 9.17) is 37.0 Å². The fourth-order valence-corrected chi connectivity index (χ4v) is 14.0. The standard InChI is InChI=1S/C83H158O17P2/c1-5-9-13-17-21-25-29-33-37-38-42-44-48-52-56-60-64-68-81(86)94-74-79(100-83(88)70-66-62-58-54-50-46-41-36-32-28-24-20-16-12-8-4)76-98-102(91,92)96-72-77(84)71-95-101(89,90)97-75-78(99-82(87)69-65-61-57-53-49-45-40-35-31-27-23-19-15-11-7-3)73-93-80(85)67-63-59-55-51-47-43-39-34-30-26-22-18-14-10-6-2/h35-36,40-41,77-79,84H,5-34,37-39,42-76H2,1-4H3,(H,89,90)(H,91,92)/b40-35-,41-36-/t77-,78+,79+/m0/s1. The third-order valence-electron chi connectivity index (χ3n) is 18.9. The van der Waals surface area contributed by atoms with Gasteiger partial charge in [-0.15, -0.1) is 0 Å². The van der Waals surface area contributed by atoms with Crippen molar-refractivity contribution in [3.63, 3.8) is 0 Å². The number of phosphoric ester groups is 2. The van der Waals surface area contributed by atoms with E-state index in [0.717, 1.165) is 116 Å². The molecule has 102 heavy (non-hydrogen) atoms. The van der Waals surface area contributed by atoms with Gasteiger partial charge in [-0.25, -0.2) is 9.13 Å². The lowest BCUT2D eigenvalue weighted by molar-refractivity contribution is -0.161. The van der Waals surface area contributed by atoms with E-state index in [2.05, 4.69) is 52.0 Å². The average Bonchev–Trinajstić information content (AvgIpc) is 2.02. The molecule has 0 aliphatic rings. The first-order chi connectivity index (χ1) is 49.7. The van der Waals surface area contributed by atoms with Crippen molar-refractivity contribution in [3.8, 4) is 0 Å². The second-order valence-corrected chi connectivity index (χ2v) is 32.0. The van der Waals surface area contributed by atoms with E-state index >= 15 is 0 Å². The van der Waals surface area contributed by atoms with Crippen LogP contribution in [0.15, 0.2) is 24.3 Å². The van der Waals surface area contributed by atoms with Crippen LogP contribution in [0.1, 0.15) is 426 Å². The fraction of sp³-hybridized carbons (Fsp3) is 0.904. The average molecular weight is 1490 g/mol. The Balaban J connectivity index is 5.30. The number of hydrogen-bond donors (Lipinski definition) is 3. The number of ether oxygens (including phenoxy) is 4. The Labute approximate surface area is 624 Å². The van der Waals surface area contributed by atoms with Crippen LogP contribution in [0.25, 0.3) is 0 Å². The minimum Gasteiger partial charge on any atom is -0.462 e. The molecule has 2 unspecified atom stereocenters. The number of esters is 4. The Bertz CT molecular complexity index is 2020. The van der Waals surface area contributed by atoms with E-state index in [9.17, 15) is 43.2 Å². The maximum atomic E-state index is 13.1. The van der Waals surface area contributed by atoms with E-state index in [1.54, 1.807) is 0 Å². The Hall–Kier alpha value is -2.46. The monoisotopic (exact) mass is 1490 g/mol. The highest BCUT2D eigenvalue weighted by molar-refractivity contribution is 7.47. The molecule has 0 rings (SSSR count). The summed E-state index contributed by atoms with van der Waals surface area (Å²) < 4.78 is 68.8. The highest BCUT2D eigenvalue weighted by Crippen LogP contribution is 2.45. The molecule has 0 aliphatic heterocycles. The molecule has 602 valence electrons. The topological polar surface area (TPSA) is 237 Å². The quantitative estimate of drug-likeness (QED) is 0.0169. The summed E-state index contributed by atoms with van der Waals surface area (Å²) in [7, 11) is -9.94. The molecular weight excluding hydrogens is 1330 g/mol. The first-order valence-corrected chi connectivity index (χ1v) is 45.6. The summed E-state index contributed by atoms with van der Waals surface area (Å²) in [6.45, 7) is 4.99. The molecule has 0 aliphatic carbocycles. The normalized spacial score (nSPS) is 13.9. The Morgan fingerprint density at radius 3 is 0.676 bits per heavy atom. The van der Waals surface area contributed by atoms with Crippen LogP contribution in [0.4, 0.5) is 0 Å². The van der Waals surface area contributed by atoms with Gasteiger partial charge in [0, 0.05) is 25.7 Å². The minimum absolute atomic E-state index is 0.0939. The number of allylic oxidation sites excluding steroid dienone is 4. The van der Waals surface area contributed by atoms with Crippen LogP contribution in [-0.4, -0.2) is 96.7 Å². The number of aliphatic hydroxyl groups is 1. The number of phosphoric acid groups is 2. The number of hydrogen-bond acceptors (Lipinski definition) is 15. The lowest BCUT2D eigenvalue weighted by Gasteiger charge is -2.21. The zero-order valence-electron chi connectivity index (χ0n) is 66.1. The van der Waals surface area contributed by atoms with Gasteiger partial charge in [0.1, 0.15) is 19.3 Å². The third kappa shape index (κ3) is 75.8. The molecule has 0 saturated heterocycles. The van der Waals surface area contributed by atoms with Crippen LogP contribution in [0, 0.1) is 0 Å². The van der Waals surface area contributed by atoms with Crippen LogP contribution in [0.3, 0.4) is 0 Å². The molecular formula is C83H158O17P2. The number of unbranched alkanes of at least 4 members (excludes halogenated alkanes) is 52. The molecule has 0 aromatic heterocycles. The van der Waals surface area contributed by atoms with Gasteiger partial charge in [-0.3, -0.25) is 37.3 Å². The van der Waals surface area contributed by atoms with Crippen molar-refractivity contribution in [1.82, 2.24) is 0 Å². The van der Waals surface area contributed by atoms with Crippen LogP contribution in [0.2, 0.25) is 0 Å². The number of carbonyl (C=O) groups excluding carboxylic acids is 4. The molecule has 5 atom stereocenters. The van der Waals surface area contributed by atoms with Crippen molar-refractivity contribution in [2.45, 2.75) is 444 Å². The Morgan fingerprint density at radius 2 is 0.451 bits per heavy atom. The van der Waals surface area contributed by atoms with Gasteiger partial charge in [-0.2, -0.15) is 0 Å². The molecule has 0 aromatic carbocycles. The molecule has 0 bridgehead atoms. The smallest absolute Gasteiger partial charge is 0.462 e. The Kier molecular flexibility index (Phi) is 74.9. The predicted octanol–water partition coefficient (Wildman–Crippen LogP) is 24.9. The second kappa shape index (κ2) is 76.7. The van der Waals surface area contributed by atoms with Crippen molar-refractivity contribution in [2.24, 2.45) is 0 Å². The zero-order valence-corrected chi connectivity index (χ0v) is 67.9. The van der Waals surface area contributed by atoms with Gasteiger partial charge in [0.15, 0.2) is 12.2 Å². The van der Waals surface area contributed by atoms with Crippen molar-refractivity contribution in [2.75, 3.05) is 39.6 Å². The summed E-state index contributed by atoms with van der Waals surface area (Å²) in [6.07, 6.45) is 72.8. The van der Waals surface area contributed by atoms with Crippen LogP contribution < -0.4 is 0 Å². The highest BCUT2D eigenvalue weighted by atomic mass is 31.2. The summed E-state index contributed by atoms with van der Waals surface area (Å²) in [5, 5.41) is 10.7. The molecule has 0 aromatic rings. The van der Waals surface area contributed by atoms with Crippen LogP contribution in [0.5, 0.6) is 0 Å². The van der Waals surface area contributed by atoms with Gasteiger partial charge in [0.05, 0.1) is 26.4 Å². The van der Waals surface area contributed by atoms with E-state index in [0.29, 0.717) is 25.7 Å². The maximum Gasteiger partial charge on any atom is 0.472 e. The first kappa shape index (κ1) is 99.5. The van der Waals surface area contributed by atoms with Crippen molar-refractivity contribution in [3.05, 3.63) is 24.3 Å². The molecule has 0 heterocycles. The van der Waals surface area contributed by atoms with Crippen LogP contribution in [-0.2, 0) is 65.4 Å². The molecule has 0 spiro atoms. The number of carbonyl (C=O) groups is 4. The van der Waals surface area contributed by atoms with E-state index in [1.165, 1.54) is 231 Å². The molecule has 0 radical (unpaired) electrons. The van der Waals surface area contributed by atoms with E-state index in [1.807, 2.05) is 0 Å². The van der Waals surface area contributed by atoms with E-state index in [-0.39, 0.29) is 25.7 Å². The Morgan fingerprint density at radius 1 is 0.265 bits per heavy atom. The maximum absolute atomic E-state index is 13.1. The SMILES string of the molecule is CCCCCCCC/C=C\CCCCCCCC(=O)O[C@H](COC(=O)CCCCCCCCCCCCCCCCC)COP(=O)(O)OC[C@H](O)COP(=O)(O)OC[C@@H](COC(=O)CCCCCCCCCCCCCCCCCCC)OC(=O)CCCCCCC/C=C\CCCCCCCC. The zero-order chi connectivity index (χ0) is 74.6. The van der Waals surface area contributed by atoms with Gasteiger partial charge < -0.3 is 33.8 Å². The highest BCUT2D eigenvalue weighted by Gasteiger charge is 2.30. The van der Waals surface area contributed by atoms with Crippen molar-refractivity contribution >= 4 is 39.5 Å².